The van der Waals surface area contributed by atoms with Gasteiger partial charge in [0.05, 0.1) is 0 Å². The van der Waals surface area contributed by atoms with Crippen molar-refractivity contribution in [2.75, 3.05) is 20.1 Å². The van der Waals surface area contributed by atoms with Crippen LogP contribution in [0.1, 0.15) is 24.8 Å². The third-order valence-corrected chi connectivity index (χ3v) is 3.68. The van der Waals surface area contributed by atoms with E-state index in [2.05, 4.69) is 55.8 Å². The first-order valence-corrected chi connectivity index (χ1v) is 6.07. The fourth-order valence-corrected chi connectivity index (χ4v) is 2.71. The molecule has 0 spiro atoms. The van der Waals surface area contributed by atoms with Crippen molar-refractivity contribution in [2.24, 2.45) is 5.92 Å². The minimum atomic E-state index is 0.612. The maximum absolute atomic E-state index is 4.16. The Kier molecular flexibility index (Phi) is 3.45. The lowest BCUT2D eigenvalue weighted by Gasteiger charge is -2.37. The molecule has 1 saturated heterocycles. The average Bonchev–Trinajstić information content (AvgIpc) is 2.30. The van der Waals surface area contributed by atoms with E-state index in [9.17, 15) is 0 Å². The maximum atomic E-state index is 4.16. The molecule has 0 bridgehead atoms. The van der Waals surface area contributed by atoms with E-state index in [1.165, 1.54) is 24.1 Å². The molecule has 0 aromatic heterocycles. The van der Waals surface area contributed by atoms with Crippen molar-refractivity contribution in [3.8, 4) is 0 Å². The van der Waals surface area contributed by atoms with Crippen molar-refractivity contribution in [3.05, 3.63) is 48.0 Å². The average molecular weight is 215 g/mol. The highest BCUT2D eigenvalue weighted by Gasteiger charge is 2.28. The number of likely N-dealkylation sites (tertiary alicyclic amines) is 1. The lowest BCUT2D eigenvalue weighted by molar-refractivity contribution is 0.205. The standard InChI is InChI=1S/C15H21N/c1-12(2)15-11-16(3)10-9-14(15)13-7-5-4-6-8-13/h4-8,14-15H,1,9-11H2,2-3H3/t14-,15-/m0/s1. The molecule has 0 unspecified atom stereocenters. The molecule has 2 atom stereocenters. The van der Waals surface area contributed by atoms with Gasteiger partial charge >= 0.3 is 0 Å². The van der Waals surface area contributed by atoms with E-state index in [1.54, 1.807) is 0 Å². The summed E-state index contributed by atoms with van der Waals surface area (Å²) in [5.74, 6) is 1.27. The molecule has 86 valence electrons. The highest BCUT2D eigenvalue weighted by atomic mass is 15.1. The van der Waals surface area contributed by atoms with Crippen LogP contribution in [-0.4, -0.2) is 25.0 Å². The molecule has 1 aliphatic heterocycles. The van der Waals surface area contributed by atoms with Crippen LogP contribution in [0.25, 0.3) is 0 Å². The van der Waals surface area contributed by atoms with E-state index in [0.29, 0.717) is 11.8 Å². The summed E-state index contributed by atoms with van der Waals surface area (Å²) in [6.07, 6.45) is 1.25. The lowest BCUT2D eigenvalue weighted by Crippen LogP contribution is -2.37. The zero-order valence-electron chi connectivity index (χ0n) is 10.3. The third-order valence-electron chi connectivity index (χ3n) is 3.68. The van der Waals surface area contributed by atoms with Crippen LogP contribution in [0.5, 0.6) is 0 Å². The first kappa shape index (κ1) is 11.4. The zero-order valence-corrected chi connectivity index (χ0v) is 10.3. The molecule has 1 heteroatoms. The smallest absolute Gasteiger partial charge is 0.00497 e. The number of nitrogens with zero attached hydrogens (tertiary/aromatic N) is 1. The largest absolute Gasteiger partial charge is 0.306 e. The second kappa shape index (κ2) is 4.84. The fourth-order valence-electron chi connectivity index (χ4n) is 2.71. The molecule has 1 aromatic carbocycles. The molecular formula is C15H21N. The topological polar surface area (TPSA) is 3.24 Å². The first-order chi connectivity index (χ1) is 7.68. The summed E-state index contributed by atoms with van der Waals surface area (Å²) in [6.45, 7) is 8.67. The van der Waals surface area contributed by atoms with Gasteiger partial charge in [-0.25, -0.2) is 0 Å². The molecule has 0 radical (unpaired) electrons. The van der Waals surface area contributed by atoms with Gasteiger partial charge in [0.2, 0.25) is 0 Å². The van der Waals surface area contributed by atoms with Crippen LogP contribution < -0.4 is 0 Å². The van der Waals surface area contributed by atoms with Crippen LogP contribution in [0.2, 0.25) is 0 Å². The number of hydrogen-bond acceptors (Lipinski definition) is 1. The Labute approximate surface area is 98.8 Å². The van der Waals surface area contributed by atoms with Crippen LogP contribution in [0.3, 0.4) is 0 Å². The van der Waals surface area contributed by atoms with Gasteiger partial charge in [-0.05, 0) is 44.3 Å². The van der Waals surface area contributed by atoms with Crippen LogP contribution in [0.4, 0.5) is 0 Å². The Bertz CT molecular complexity index is 355. The van der Waals surface area contributed by atoms with Crippen LogP contribution in [-0.2, 0) is 0 Å². The van der Waals surface area contributed by atoms with Crippen molar-refractivity contribution < 1.29 is 0 Å². The molecule has 2 rings (SSSR count). The summed E-state index contributed by atoms with van der Waals surface area (Å²) in [5.41, 5.74) is 2.80. The molecule has 16 heavy (non-hydrogen) atoms. The highest BCUT2D eigenvalue weighted by molar-refractivity contribution is 5.24. The van der Waals surface area contributed by atoms with Crippen molar-refractivity contribution in [1.29, 1.82) is 0 Å². The predicted molar refractivity (Wildman–Crippen MR) is 69.6 cm³/mol. The Balaban J connectivity index is 2.22. The van der Waals surface area contributed by atoms with E-state index in [4.69, 9.17) is 0 Å². The minimum absolute atomic E-state index is 0.612. The molecule has 1 fully saturated rings. The van der Waals surface area contributed by atoms with Crippen molar-refractivity contribution >= 4 is 0 Å². The van der Waals surface area contributed by atoms with E-state index in [1.807, 2.05) is 0 Å². The fraction of sp³-hybridized carbons (Fsp3) is 0.467. The zero-order chi connectivity index (χ0) is 11.5. The number of rotatable bonds is 2. The molecule has 0 saturated carbocycles. The van der Waals surface area contributed by atoms with Crippen LogP contribution in [0.15, 0.2) is 42.5 Å². The molecule has 1 aromatic rings. The molecule has 0 N–H and O–H groups in total. The van der Waals surface area contributed by atoms with Crippen LogP contribution in [0, 0.1) is 5.92 Å². The van der Waals surface area contributed by atoms with Gasteiger partial charge in [0.25, 0.3) is 0 Å². The number of hydrogen-bond donors (Lipinski definition) is 0. The number of piperidine rings is 1. The highest BCUT2D eigenvalue weighted by Crippen LogP contribution is 2.35. The van der Waals surface area contributed by atoms with Gasteiger partial charge in [-0.15, -0.1) is 0 Å². The Morgan fingerprint density at radius 3 is 2.62 bits per heavy atom. The summed E-state index contributed by atoms with van der Waals surface area (Å²) < 4.78 is 0. The van der Waals surface area contributed by atoms with E-state index >= 15 is 0 Å². The van der Waals surface area contributed by atoms with Gasteiger partial charge in [-0.3, -0.25) is 0 Å². The molecule has 1 nitrogen and oxygen atoms in total. The summed E-state index contributed by atoms with van der Waals surface area (Å²) in [4.78, 5) is 2.42. The normalized spacial score (nSPS) is 26.6. The Morgan fingerprint density at radius 2 is 2.00 bits per heavy atom. The number of benzene rings is 1. The van der Waals surface area contributed by atoms with E-state index in [0.717, 1.165) is 6.54 Å². The first-order valence-electron chi connectivity index (χ1n) is 6.07. The van der Waals surface area contributed by atoms with Gasteiger partial charge in [-0.1, -0.05) is 42.5 Å². The van der Waals surface area contributed by atoms with E-state index in [-0.39, 0.29) is 0 Å². The summed E-state index contributed by atoms with van der Waals surface area (Å²) >= 11 is 0. The monoisotopic (exact) mass is 215 g/mol. The second-order valence-electron chi connectivity index (χ2n) is 5.02. The van der Waals surface area contributed by atoms with Crippen molar-refractivity contribution in [2.45, 2.75) is 19.3 Å². The van der Waals surface area contributed by atoms with Gasteiger partial charge in [0, 0.05) is 6.54 Å². The second-order valence-corrected chi connectivity index (χ2v) is 5.02. The van der Waals surface area contributed by atoms with Gasteiger partial charge in [0.1, 0.15) is 0 Å². The SMILES string of the molecule is C=C(C)[C@@H]1CN(C)CC[C@H]1c1ccccc1. The molecule has 1 aliphatic rings. The Hall–Kier alpha value is -1.08. The molecule has 0 aliphatic carbocycles. The summed E-state index contributed by atoms with van der Waals surface area (Å²) in [7, 11) is 2.21. The van der Waals surface area contributed by atoms with Crippen molar-refractivity contribution in [1.82, 2.24) is 4.90 Å². The van der Waals surface area contributed by atoms with Gasteiger partial charge in [-0.2, -0.15) is 0 Å². The molecular weight excluding hydrogens is 194 g/mol. The van der Waals surface area contributed by atoms with Crippen LogP contribution >= 0.6 is 0 Å². The molecule has 0 amide bonds. The quantitative estimate of drug-likeness (QED) is 0.684. The maximum Gasteiger partial charge on any atom is 0.00497 e. The van der Waals surface area contributed by atoms with Crippen molar-refractivity contribution in [3.63, 3.8) is 0 Å². The summed E-state index contributed by atoms with van der Waals surface area (Å²) in [5, 5.41) is 0. The Morgan fingerprint density at radius 1 is 1.31 bits per heavy atom. The van der Waals surface area contributed by atoms with E-state index < -0.39 is 0 Å². The predicted octanol–water partition coefficient (Wildman–Crippen LogP) is 3.30. The summed E-state index contributed by atoms with van der Waals surface area (Å²) in [6, 6.07) is 10.9. The third kappa shape index (κ3) is 2.35. The van der Waals surface area contributed by atoms with Gasteiger partial charge < -0.3 is 4.90 Å². The van der Waals surface area contributed by atoms with Gasteiger partial charge in [0.15, 0.2) is 0 Å². The minimum Gasteiger partial charge on any atom is -0.306 e. The molecule has 1 heterocycles. The lowest BCUT2D eigenvalue weighted by atomic mass is 9.77.